The van der Waals surface area contributed by atoms with E-state index in [1.807, 2.05) is 60.7 Å². The molecule has 0 aliphatic carbocycles. The van der Waals surface area contributed by atoms with Crippen molar-refractivity contribution in [3.63, 3.8) is 0 Å². The maximum atomic E-state index is 11.7. The lowest BCUT2D eigenvalue weighted by Crippen LogP contribution is -2.02. The lowest BCUT2D eigenvalue weighted by atomic mass is 10.0. The molecular weight excluding hydrogens is 386 g/mol. The zero-order valence-corrected chi connectivity index (χ0v) is 15.9. The second-order valence-corrected chi connectivity index (χ2v) is 6.65. The van der Waals surface area contributed by atoms with Crippen LogP contribution in [0.4, 0.5) is 0 Å². The molecule has 0 fully saturated rings. The van der Waals surface area contributed by atoms with Crippen LogP contribution in [0, 0.1) is 0 Å². The molecule has 1 heterocycles. The van der Waals surface area contributed by atoms with Gasteiger partial charge in [-0.05, 0) is 12.1 Å². The largest absolute Gasteiger partial charge is 0.298 e. The predicted octanol–water partition coefficient (Wildman–Crippen LogP) is 5.15. The number of carbonyl (C=O) groups is 2. The molecule has 29 heavy (non-hydrogen) atoms. The third kappa shape index (κ3) is 3.81. The standard InChI is InChI=1S/C23H14ClN3O2/c24-20-12-15(13-28)11-18(19(20)14-29)23-26-21(16-7-3-1-4-8-16)25-22(27-23)17-9-5-2-6-10-17/h1-14H. The zero-order chi connectivity index (χ0) is 20.2. The Balaban J connectivity index is 2.00. The van der Waals surface area contributed by atoms with Gasteiger partial charge in [0, 0.05) is 27.8 Å². The Morgan fingerprint density at radius 1 is 0.655 bits per heavy atom. The van der Waals surface area contributed by atoms with Crippen LogP contribution in [0.2, 0.25) is 5.02 Å². The summed E-state index contributed by atoms with van der Waals surface area (Å²) in [4.78, 5) is 36.8. The van der Waals surface area contributed by atoms with Gasteiger partial charge in [-0.2, -0.15) is 0 Å². The van der Waals surface area contributed by atoms with Gasteiger partial charge in [-0.25, -0.2) is 15.0 Å². The van der Waals surface area contributed by atoms with Crippen molar-refractivity contribution in [1.29, 1.82) is 0 Å². The molecule has 5 nitrogen and oxygen atoms in total. The van der Waals surface area contributed by atoms with Crippen molar-refractivity contribution in [2.75, 3.05) is 0 Å². The molecule has 140 valence electrons. The first kappa shape index (κ1) is 18.7. The number of hydrogen-bond acceptors (Lipinski definition) is 5. The van der Waals surface area contributed by atoms with Crippen LogP contribution in [0.5, 0.6) is 0 Å². The number of nitrogens with zero attached hydrogens (tertiary/aromatic N) is 3. The van der Waals surface area contributed by atoms with Crippen molar-refractivity contribution >= 4 is 24.2 Å². The number of carbonyl (C=O) groups excluding carboxylic acids is 2. The van der Waals surface area contributed by atoms with Crippen LogP contribution in [0.15, 0.2) is 72.8 Å². The lowest BCUT2D eigenvalue weighted by Gasteiger charge is -2.11. The maximum Gasteiger partial charge on any atom is 0.164 e. The number of aldehydes is 2. The number of benzene rings is 3. The molecule has 0 atom stereocenters. The lowest BCUT2D eigenvalue weighted by molar-refractivity contribution is 0.111. The molecule has 0 aliphatic heterocycles. The summed E-state index contributed by atoms with van der Waals surface area (Å²) in [5, 5.41) is 0.169. The highest BCUT2D eigenvalue weighted by Crippen LogP contribution is 2.30. The van der Waals surface area contributed by atoms with Crippen LogP contribution in [-0.2, 0) is 0 Å². The molecule has 0 saturated heterocycles. The Morgan fingerprint density at radius 3 is 1.66 bits per heavy atom. The summed E-state index contributed by atoms with van der Waals surface area (Å²) in [5.74, 6) is 1.18. The first-order chi connectivity index (χ1) is 14.2. The topological polar surface area (TPSA) is 72.8 Å². The molecule has 0 N–H and O–H groups in total. The van der Waals surface area contributed by atoms with Crippen LogP contribution in [-0.4, -0.2) is 27.5 Å². The first-order valence-corrected chi connectivity index (χ1v) is 9.18. The highest BCUT2D eigenvalue weighted by Gasteiger charge is 2.17. The molecule has 4 rings (SSSR count). The van der Waals surface area contributed by atoms with E-state index in [0.29, 0.717) is 35.3 Å². The van der Waals surface area contributed by atoms with Crippen molar-refractivity contribution in [3.8, 4) is 34.2 Å². The number of aromatic nitrogens is 3. The third-order valence-corrected chi connectivity index (χ3v) is 4.66. The molecular formula is C23H14ClN3O2. The second kappa shape index (κ2) is 8.12. The van der Waals surface area contributed by atoms with E-state index in [9.17, 15) is 9.59 Å². The van der Waals surface area contributed by atoms with Gasteiger partial charge in [0.25, 0.3) is 0 Å². The van der Waals surface area contributed by atoms with Gasteiger partial charge in [0.15, 0.2) is 23.8 Å². The Kier molecular flexibility index (Phi) is 5.22. The smallest absolute Gasteiger partial charge is 0.164 e. The molecule has 0 aliphatic rings. The highest BCUT2D eigenvalue weighted by molar-refractivity contribution is 6.34. The molecule has 0 spiro atoms. The van der Waals surface area contributed by atoms with Gasteiger partial charge in [-0.3, -0.25) is 9.59 Å². The SMILES string of the molecule is O=Cc1cc(Cl)c(C=O)c(-c2nc(-c3ccccc3)nc(-c3ccccc3)n2)c1. The van der Waals surface area contributed by atoms with Crippen molar-refractivity contribution in [3.05, 3.63) is 88.9 Å². The summed E-state index contributed by atoms with van der Waals surface area (Å²) in [6.45, 7) is 0. The normalized spacial score (nSPS) is 10.5. The van der Waals surface area contributed by atoms with Gasteiger partial charge in [-0.15, -0.1) is 0 Å². The van der Waals surface area contributed by atoms with E-state index >= 15 is 0 Å². The van der Waals surface area contributed by atoms with Crippen LogP contribution in [0.1, 0.15) is 20.7 Å². The number of hydrogen-bond donors (Lipinski definition) is 0. The van der Waals surface area contributed by atoms with Gasteiger partial charge in [0.05, 0.1) is 5.02 Å². The summed E-state index contributed by atoms with van der Waals surface area (Å²) in [6.07, 6.45) is 1.31. The van der Waals surface area contributed by atoms with E-state index in [1.165, 1.54) is 6.07 Å². The Morgan fingerprint density at radius 2 is 1.17 bits per heavy atom. The van der Waals surface area contributed by atoms with E-state index in [-0.39, 0.29) is 16.4 Å². The van der Waals surface area contributed by atoms with Crippen molar-refractivity contribution < 1.29 is 9.59 Å². The second-order valence-electron chi connectivity index (χ2n) is 6.24. The molecule has 1 aromatic heterocycles. The van der Waals surface area contributed by atoms with E-state index < -0.39 is 0 Å². The average molecular weight is 400 g/mol. The minimum Gasteiger partial charge on any atom is -0.298 e. The van der Waals surface area contributed by atoms with Gasteiger partial charge in [-0.1, -0.05) is 72.3 Å². The number of halogens is 1. The van der Waals surface area contributed by atoms with Gasteiger partial charge < -0.3 is 0 Å². The zero-order valence-electron chi connectivity index (χ0n) is 15.1. The van der Waals surface area contributed by atoms with Crippen LogP contribution in [0.25, 0.3) is 34.2 Å². The Labute approximate surface area is 172 Å². The van der Waals surface area contributed by atoms with Crippen LogP contribution in [0.3, 0.4) is 0 Å². The van der Waals surface area contributed by atoms with E-state index in [2.05, 4.69) is 15.0 Å². The van der Waals surface area contributed by atoms with Crippen molar-refractivity contribution in [2.45, 2.75) is 0 Å². The fraction of sp³-hybridized carbons (Fsp3) is 0. The molecule has 4 aromatic rings. The highest BCUT2D eigenvalue weighted by atomic mass is 35.5. The summed E-state index contributed by atoms with van der Waals surface area (Å²) >= 11 is 6.22. The number of rotatable bonds is 5. The van der Waals surface area contributed by atoms with Crippen molar-refractivity contribution in [2.24, 2.45) is 0 Å². The predicted molar refractivity (Wildman–Crippen MR) is 112 cm³/mol. The van der Waals surface area contributed by atoms with Crippen LogP contribution >= 0.6 is 11.6 Å². The van der Waals surface area contributed by atoms with Gasteiger partial charge >= 0.3 is 0 Å². The first-order valence-electron chi connectivity index (χ1n) is 8.81. The molecule has 0 saturated carbocycles. The monoisotopic (exact) mass is 399 g/mol. The molecule has 3 aromatic carbocycles. The summed E-state index contributed by atoms with van der Waals surface area (Å²) in [7, 11) is 0. The summed E-state index contributed by atoms with van der Waals surface area (Å²) in [6, 6.07) is 21.9. The van der Waals surface area contributed by atoms with E-state index in [0.717, 1.165) is 11.1 Å². The molecule has 0 amide bonds. The minimum atomic E-state index is 0.169. The van der Waals surface area contributed by atoms with E-state index in [4.69, 9.17) is 11.6 Å². The Bertz CT molecular complexity index is 1140. The average Bonchev–Trinajstić information content (AvgIpc) is 2.79. The van der Waals surface area contributed by atoms with Crippen molar-refractivity contribution in [1.82, 2.24) is 15.0 Å². The van der Waals surface area contributed by atoms with Gasteiger partial charge in [0.2, 0.25) is 0 Å². The van der Waals surface area contributed by atoms with E-state index in [1.54, 1.807) is 6.07 Å². The molecule has 0 radical (unpaired) electrons. The minimum absolute atomic E-state index is 0.169. The fourth-order valence-electron chi connectivity index (χ4n) is 2.94. The Hall–Kier alpha value is -3.70. The fourth-order valence-corrected chi connectivity index (χ4v) is 3.21. The molecule has 6 heteroatoms. The molecule has 0 unspecified atom stereocenters. The summed E-state index contributed by atoms with van der Waals surface area (Å²) < 4.78 is 0. The maximum absolute atomic E-state index is 11.7. The third-order valence-electron chi connectivity index (χ3n) is 4.35. The van der Waals surface area contributed by atoms with Crippen LogP contribution < -0.4 is 0 Å². The summed E-state index contributed by atoms with van der Waals surface area (Å²) in [5.41, 5.74) is 2.55. The quantitative estimate of drug-likeness (QED) is 0.434. The van der Waals surface area contributed by atoms with Gasteiger partial charge in [0.1, 0.15) is 6.29 Å². The molecule has 0 bridgehead atoms.